The standard InChI is InChI=1S/C12H3N5/c1-2-8-9(5-15)12(17)10(6-16)11(8)7(3-13)4-14/h1H,17H2. The summed E-state index contributed by atoms with van der Waals surface area (Å²) < 4.78 is 0. The van der Waals surface area contributed by atoms with Gasteiger partial charge in [0.15, 0.2) is 0 Å². The number of nitriles is 4. The van der Waals surface area contributed by atoms with Gasteiger partial charge in [0.2, 0.25) is 0 Å². The summed E-state index contributed by atoms with van der Waals surface area (Å²) in [6.45, 7) is 0. The molecular formula is C12H3N5. The van der Waals surface area contributed by atoms with Crippen LogP contribution in [0.25, 0.3) is 0 Å². The molecule has 0 bridgehead atoms. The normalized spacial score (nSPS) is 13.2. The zero-order valence-corrected chi connectivity index (χ0v) is 8.44. The molecule has 2 N–H and O–H groups in total. The van der Waals surface area contributed by atoms with Crippen molar-refractivity contribution in [2.24, 2.45) is 5.73 Å². The first-order valence-electron chi connectivity index (χ1n) is 4.22. The van der Waals surface area contributed by atoms with E-state index in [9.17, 15) is 0 Å². The molecular weight excluding hydrogens is 214 g/mol. The summed E-state index contributed by atoms with van der Waals surface area (Å²) >= 11 is 0. The Morgan fingerprint density at radius 2 is 1.47 bits per heavy atom. The van der Waals surface area contributed by atoms with Crippen LogP contribution >= 0.6 is 0 Å². The molecule has 1 aliphatic rings. The van der Waals surface area contributed by atoms with Crippen LogP contribution in [0, 0.1) is 57.7 Å². The lowest BCUT2D eigenvalue weighted by atomic mass is 9.98. The smallest absolute Gasteiger partial charge is 0.139 e. The number of rotatable bonds is 0. The highest BCUT2D eigenvalue weighted by molar-refractivity contribution is 5.78. The average molecular weight is 217 g/mol. The van der Waals surface area contributed by atoms with E-state index >= 15 is 0 Å². The van der Waals surface area contributed by atoms with Gasteiger partial charge in [-0.3, -0.25) is 0 Å². The van der Waals surface area contributed by atoms with Gasteiger partial charge >= 0.3 is 0 Å². The first-order chi connectivity index (χ1) is 8.15. The SMILES string of the molecule is C#CC1=C(C#N)C(N)=C(C#N)C1=C(C#N)C#N. The van der Waals surface area contributed by atoms with Crippen molar-refractivity contribution in [3.05, 3.63) is 33.6 Å². The monoisotopic (exact) mass is 217 g/mol. The van der Waals surface area contributed by atoms with Crippen LogP contribution in [0.4, 0.5) is 0 Å². The van der Waals surface area contributed by atoms with Crippen LogP contribution in [-0.2, 0) is 0 Å². The number of allylic oxidation sites excluding steroid dienone is 5. The molecule has 5 nitrogen and oxygen atoms in total. The van der Waals surface area contributed by atoms with Crippen molar-refractivity contribution in [3.63, 3.8) is 0 Å². The van der Waals surface area contributed by atoms with Crippen molar-refractivity contribution in [1.29, 1.82) is 21.0 Å². The van der Waals surface area contributed by atoms with Gasteiger partial charge in [-0.1, -0.05) is 5.92 Å². The van der Waals surface area contributed by atoms with Crippen molar-refractivity contribution >= 4 is 0 Å². The second-order valence-electron chi connectivity index (χ2n) is 2.88. The molecule has 0 saturated heterocycles. The molecule has 0 atom stereocenters. The molecule has 0 aromatic heterocycles. The maximum absolute atomic E-state index is 8.93. The fraction of sp³-hybridized carbons (Fsp3) is 0. The van der Waals surface area contributed by atoms with Gasteiger partial charge in [-0.25, -0.2) is 0 Å². The van der Waals surface area contributed by atoms with Gasteiger partial charge in [0.25, 0.3) is 0 Å². The maximum Gasteiger partial charge on any atom is 0.139 e. The van der Waals surface area contributed by atoms with E-state index in [0.29, 0.717) is 0 Å². The highest BCUT2D eigenvalue weighted by atomic mass is 14.6. The molecule has 76 valence electrons. The van der Waals surface area contributed by atoms with E-state index in [1.54, 1.807) is 24.3 Å². The van der Waals surface area contributed by atoms with Gasteiger partial charge in [0, 0.05) is 5.57 Å². The van der Waals surface area contributed by atoms with Gasteiger partial charge in [0.05, 0.1) is 22.4 Å². The number of terminal acetylenes is 1. The van der Waals surface area contributed by atoms with Crippen LogP contribution < -0.4 is 5.73 Å². The average Bonchev–Trinajstić information content (AvgIpc) is 2.62. The first-order valence-corrected chi connectivity index (χ1v) is 4.22. The molecule has 0 saturated carbocycles. The minimum absolute atomic E-state index is 0.0136. The molecule has 1 aliphatic carbocycles. The zero-order chi connectivity index (χ0) is 13.0. The Balaban J connectivity index is 3.85. The third-order valence-corrected chi connectivity index (χ3v) is 2.13. The minimum atomic E-state index is -0.331. The Hall–Kier alpha value is -3.46. The molecule has 0 heterocycles. The van der Waals surface area contributed by atoms with E-state index < -0.39 is 0 Å². The van der Waals surface area contributed by atoms with Crippen LogP contribution in [0.3, 0.4) is 0 Å². The Morgan fingerprint density at radius 3 is 1.82 bits per heavy atom. The number of nitrogens with two attached hydrogens (primary N) is 1. The number of hydrogen-bond donors (Lipinski definition) is 1. The lowest BCUT2D eigenvalue weighted by Gasteiger charge is -1.98. The van der Waals surface area contributed by atoms with Gasteiger partial charge in [-0.05, 0) is 0 Å². The van der Waals surface area contributed by atoms with E-state index in [1.807, 2.05) is 0 Å². The van der Waals surface area contributed by atoms with Crippen LogP contribution in [0.1, 0.15) is 0 Å². The van der Waals surface area contributed by atoms with Crippen LogP contribution in [0.2, 0.25) is 0 Å². The lowest BCUT2D eigenvalue weighted by molar-refractivity contribution is 1.33. The molecule has 5 heteroatoms. The molecule has 0 amide bonds. The van der Waals surface area contributed by atoms with Gasteiger partial charge in [0.1, 0.15) is 29.8 Å². The predicted octanol–water partition coefficient (Wildman–Crippen LogP) is 0.534. The zero-order valence-electron chi connectivity index (χ0n) is 8.44. The fourth-order valence-corrected chi connectivity index (χ4v) is 1.41. The van der Waals surface area contributed by atoms with E-state index in [4.69, 9.17) is 33.2 Å². The number of nitrogens with zero attached hydrogens (tertiary/aromatic N) is 4. The molecule has 1 rings (SSSR count). The Kier molecular flexibility index (Phi) is 2.99. The highest BCUT2D eigenvalue weighted by Crippen LogP contribution is 2.35. The Morgan fingerprint density at radius 1 is 0.941 bits per heavy atom. The second kappa shape index (κ2) is 4.37. The van der Waals surface area contributed by atoms with E-state index in [2.05, 4.69) is 5.92 Å². The number of hydrogen-bond acceptors (Lipinski definition) is 5. The van der Waals surface area contributed by atoms with Crippen LogP contribution in [0.5, 0.6) is 0 Å². The topological polar surface area (TPSA) is 121 Å². The fourth-order valence-electron chi connectivity index (χ4n) is 1.41. The van der Waals surface area contributed by atoms with Crippen molar-refractivity contribution in [1.82, 2.24) is 0 Å². The highest BCUT2D eigenvalue weighted by Gasteiger charge is 2.29. The third-order valence-electron chi connectivity index (χ3n) is 2.13. The molecule has 0 fully saturated rings. The van der Waals surface area contributed by atoms with Crippen LogP contribution in [0.15, 0.2) is 33.6 Å². The third kappa shape index (κ3) is 1.49. The largest absolute Gasteiger partial charge is 0.397 e. The second-order valence-corrected chi connectivity index (χ2v) is 2.88. The van der Waals surface area contributed by atoms with Gasteiger partial charge < -0.3 is 5.73 Å². The Labute approximate surface area is 97.6 Å². The van der Waals surface area contributed by atoms with Gasteiger partial charge in [-0.2, -0.15) is 21.0 Å². The van der Waals surface area contributed by atoms with Crippen molar-refractivity contribution in [2.45, 2.75) is 0 Å². The molecule has 0 radical (unpaired) electrons. The summed E-state index contributed by atoms with van der Waals surface area (Å²) in [7, 11) is 0. The van der Waals surface area contributed by atoms with Crippen LogP contribution in [-0.4, -0.2) is 0 Å². The van der Waals surface area contributed by atoms with Crippen molar-refractivity contribution in [2.75, 3.05) is 0 Å². The summed E-state index contributed by atoms with van der Waals surface area (Å²) in [6, 6.07) is 6.76. The molecule has 17 heavy (non-hydrogen) atoms. The lowest BCUT2D eigenvalue weighted by Crippen LogP contribution is -1.99. The van der Waals surface area contributed by atoms with E-state index in [-0.39, 0.29) is 33.6 Å². The summed E-state index contributed by atoms with van der Waals surface area (Å²) in [5, 5.41) is 35.4. The Bertz CT molecular complexity index is 680. The van der Waals surface area contributed by atoms with E-state index in [1.165, 1.54) is 0 Å². The summed E-state index contributed by atoms with van der Waals surface area (Å²) in [6.07, 6.45) is 5.21. The van der Waals surface area contributed by atoms with Gasteiger partial charge in [-0.15, -0.1) is 6.42 Å². The molecule has 0 aliphatic heterocycles. The van der Waals surface area contributed by atoms with Crippen molar-refractivity contribution < 1.29 is 0 Å². The predicted molar refractivity (Wildman–Crippen MR) is 56.6 cm³/mol. The molecule has 0 aromatic carbocycles. The quantitative estimate of drug-likeness (QED) is 0.468. The molecule has 0 unspecified atom stereocenters. The van der Waals surface area contributed by atoms with E-state index in [0.717, 1.165) is 0 Å². The van der Waals surface area contributed by atoms with Crippen molar-refractivity contribution in [3.8, 4) is 36.6 Å². The first kappa shape index (κ1) is 11.6. The summed E-state index contributed by atoms with van der Waals surface area (Å²) in [5.41, 5.74) is 4.97. The minimum Gasteiger partial charge on any atom is -0.397 e. The summed E-state index contributed by atoms with van der Waals surface area (Å²) in [5.74, 6) is 2.18. The molecule has 0 spiro atoms. The molecule has 0 aromatic rings. The summed E-state index contributed by atoms with van der Waals surface area (Å²) in [4.78, 5) is 0. The maximum atomic E-state index is 8.93.